The lowest BCUT2D eigenvalue weighted by Crippen LogP contribution is -2.51. The maximum Gasteiger partial charge on any atom is 0.329 e. The minimum absolute atomic E-state index is 0.174. The zero-order valence-electron chi connectivity index (χ0n) is 16.5. The lowest BCUT2D eigenvalue weighted by atomic mass is 10.1. The molecule has 0 aromatic heterocycles. The molecule has 0 radical (unpaired) electrons. The van der Waals surface area contributed by atoms with Gasteiger partial charge >= 0.3 is 5.97 Å². The number of carbonyl (C=O) groups is 3. The molecule has 1 aromatic carbocycles. The monoisotopic (exact) mass is 423 g/mol. The Morgan fingerprint density at radius 2 is 1.83 bits per heavy atom. The first-order valence-electron chi connectivity index (χ1n) is 9.49. The molecule has 1 N–H and O–H groups in total. The van der Waals surface area contributed by atoms with E-state index in [-0.39, 0.29) is 49.3 Å². The van der Waals surface area contributed by atoms with Gasteiger partial charge in [-0.3, -0.25) is 9.59 Å². The van der Waals surface area contributed by atoms with Gasteiger partial charge in [-0.15, -0.1) is 0 Å². The summed E-state index contributed by atoms with van der Waals surface area (Å²) in [4.78, 5) is 37.0. The second kappa shape index (κ2) is 8.50. The van der Waals surface area contributed by atoms with Gasteiger partial charge in [0.25, 0.3) is 5.91 Å². The van der Waals surface area contributed by atoms with Crippen LogP contribution in [0.4, 0.5) is 0 Å². The molecule has 0 saturated carbocycles. The van der Waals surface area contributed by atoms with Crippen molar-refractivity contribution < 1.29 is 27.5 Å². The number of esters is 1. The van der Waals surface area contributed by atoms with E-state index in [0.29, 0.717) is 6.42 Å². The largest absolute Gasteiger partial charge is 0.454 e. The smallest absolute Gasteiger partial charge is 0.329 e. The minimum Gasteiger partial charge on any atom is -0.454 e. The molecule has 29 heavy (non-hydrogen) atoms. The Morgan fingerprint density at radius 3 is 2.41 bits per heavy atom. The first kappa shape index (κ1) is 21.3. The maximum atomic E-state index is 12.8. The third kappa shape index (κ3) is 4.76. The Bertz CT molecular complexity index is 922. The zero-order chi connectivity index (χ0) is 21.2. The van der Waals surface area contributed by atoms with Crippen LogP contribution in [-0.2, 0) is 29.1 Å². The standard InChI is InChI=1S/C19H25N3O6S/c1-13-3-4-15(11-14(13)2)29(26,27)22-9-7-21(8-10-22)18(24)12-28-19(25)16-5-6-17(23)20-16/h3-4,11,16H,5-10,12H2,1-2H3,(H,20,23)/t16-/m1/s1. The van der Waals surface area contributed by atoms with Gasteiger partial charge in [-0.05, 0) is 43.5 Å². The van der Waals surface area contributed by atoms with Crippen LogP contribution in [0.3, 0.4) is 0 Å². The van der Waals surface area contributed by atoms with Crippen molar-refractivity contribution >= 4 is 27.8 Å². The van der Waals surface area contributed by atoms with E-state index in [1.165, 1.54) is 9.21 Å². The van der Waals surface area contributed by atoms with Gasteiger partial charge in [0.1, 0.15) is 6.04 Å². The van der Waals surface area contributed by atoms with Gasteiger partial charge in [-0.25, -0.2) is 13.2 Å². The number of nitrogens with zero attached hydrogens (tertiary/aromatic N) is 2. The summed E-state index contributed by atoms with van der Waals surface area (Å²) >= 11 is 0. The second-order valence-electron chi connectivity index (χ2n) is 7.30. The van der Waals surface area contributed by atoms with Crippen LogP contribution in [0.25, 0.3) is 0 Å². The molecular weight excluding hydrogens is 398 g/mol. The molecular formula is C19H25N3O6S. The molecule has 0 bridgehead atoms. The number of aryl methyl sites for hydroxylation is 2. The topological polar surface area (TPSA) is 113 Å². The van der Waals surface area contributed by atoms with E-state index in [2.05, 4.69) is 5.32 Å². The van der Waals surface area contributed by atoms with Crippen LogP contribution in [0.2, 0.25) is 0 Å². The highest BCUT2D eigenvalue weighted by Gasteiger charge is 2.32. The van der Waals surface area contributed by atoms with Gasteiger partial charge in [-0.1, -0.05) is 6.07 Å². The van der Waals surface area contributed by atoms with E-state index in [4.69, 9.17) is 4.74 Å². The van der Waals surface area contributed by atoms with Gasteiger partial charge in [0.15, 0.2) is 6.61 Å². The Kier molecular flexibility index (Phi) is 6.23. The normalized spacial score (nSPS) is 20.4. The molecule has 2 aliphatic heterocycles. The average Bonchev–Trinajstić information content (AvgIpc) is 3.14. The quantitative estimate of drug-likeness (QED) is 0.665. The highest BCUT2D eigenvalue weighted by molar-refractivity contribution is 7.89. The lowest BCUT2D eigenvalue weighted by Gasteiger charge is -2.34. The predicted octanol–water partition coefficient (Wildman–Crippen LogP) is -0.0419. The van der Waals surface area contributed by atoms with Crippen LogP contribution in [0, 0.1) is 13.8 Å². The number of sulfonamides is 1. The predicted molar refractivity (Wildman–Crippen MR) is 103 cm³/mol. The van der Waals surface area contributed by atoms with Crippen LogP contribution < -0.4 is 5.32 Å². The maximum absolute atomic E-state index is 12.8. The zero-order valence-corrected chi connectivity index (χ0v) is 17.3. The summed E-state index contributed by atoms with van der Waals surface area (Å²) in [7, 11) is -3.62. The van der Waals surface area contributed by atoms with Crippen molar-refractivity contribution in [3.05, 3.63) is 29.3 Å². The number of amides is 2. The van der Waals surface area contributed by atoms with Crippen LogP contribution in [-0.4, -0.2) is 74.2 Å². The molecule has 158 valence electrons. The number of hydrogen-bond donors (Lipinski definition) is 1. The summed E-state index contributed by atoms with van der Waals surface area (Å²) < 4.78 is 32.0. The van der Waals surface area contributed by atoms with E-state index in [9.17, 15) is 22.8 Å². The molecule has 0 unspecified atom stereocenters. The molecule has 2 aliphatic rings. The second-order valence-corrected chi connectivity index (χ2v) is 9.24. The van der Waals surface area contributed by atoms with E-state index < -0.39 is 28.6 Å². The van der Waals surface area contributed by atoms with Crippen LogP contribution in [0.5, 0.6) is 0 Å². The van der Waals surface area contributed by atoms with Gasteiger partial charge in [-0.2, -0.15) is 4.31 Å². The van der Waals surface area contributed by atoms with Crippen molar-refractivity contribution in [2.75, 3.05) is 32.8 Å². The summed E-state index contributed by atoms with van der Waals surface area (Å²) in [5.41, 5.74) is 1.92. The molecule has 1 aromatic rings. The molecule has 0 aliphatic carbocycles. The van der Waals surface area contributed by atoms with E-state index in [0.717, 1.165) is 11.1 Å². The Morgan fingerprint density at radius 1 is 1.14 bits per heavy atom. The average molecular weight is 423 g/mol. The van der Waals surface area contributed by atoms with Gasteiger partial charge in [0, 0.05) is 32.6 Å². The first-order valence-corrected chi connectivity index (χ1v) is 10.9. The summed E-state index contributed by atoms with van der Waals surface area (Å²) in [5, 5.41) is 2.49. The highest BCUT2D eigenvalue weighted by atomic mass is 32.2. The van der Waals surface area contributed by atoms with Crippen molar-refractivity contribution in [2.24, 2.45) is 0 Å². The number of rotatable bonds is 5. The van der Waals surface area contributed by atoms with Crippen LogP contribution in [0.1, 0.15) is 24.0 Å². The van der Waals surface area contributed by atoms with Gasteiger partial charge < -0.3 is 15.0 Å². The van der Waals surface area contributed by atoms with E-state index in [1.54, 1.807) is 18.2 Å². The number of piperazine rings is 1. The number of benzene rings is 1. The first-order chi connectivity index (χ1) is 13.7. The third-order valence-corrected chi connectivity index (χ3v) is 7.22. The molecule has 2 saturated heterocycles. The summed E-state index contributed by atoms with van der Waals surface area (Å²) in [6, 6.07) is 4.33. The van der Waals surface area contributed by atoms with Crippen molar-refractivity contribution in [2.45, 2.75) is 37.6 Å². The fourth-order valence-corrected chi connectivity index (χ4v) is 4.82. The number of hydrogen-bond acceptors (Lipinski definition) is 6. The molecule has 1 atom stereocenters. The SMILES string of the molecule is Cc1ccc(S(=O)(=O)N2CCN(C(=O)COC(=O)[C@H]3CCC(=O)N3)CC2)cc1C. The third-order valence-electron chi connectivity index (χ3n) is 5.33. The summed E-state index contributed by atoms with van der Waals surface area (Å²) in [6.45, 7) is 4.16. The highest BCUT2D eigenvalue weighted by Crippen LogP contribution is 2.20. The molecule has 10 heteroatoms. The Hall–Kier alpha value is -2.46. The fraction of sp³-hybridized carbons (Fsp3) is 0.526. The summed E-state index contributed by atoms with van der Waals surface area (Å²) in [5.74, 6) is -1.22. The van der Waals surface area contributed by atoms with Crippen molar-refractivity contribution in [3.63, 3.8) is 0 Å². The summed E-state index contributed by atoms with van der Waals surface area (Å²) in [6.07, 6.45) is 0.630. The molecule has 9 nitrogen and oxygen atoms in total. The Labute approximate surface area is 170 Å². The van der Waals surface area contributed by atoms with Crippen molar-refractivity contribution in [3.8, 4) is 0 Å². The molecule has 2 amide bonds. The van der Waals surface area contributed by atoms with Gasteiger partial charge in [0.2, 0.25) is 15.9 Å². The lowest BCUT2D eigenvalue weighted by molar-refractivity contribution is -0.154. The van der Waals surface area contributed by atoms with Crippen molar-refractivity contribution in [1.29, 1.82) is 0 Å². The molecule has 2 fully saturated rings. The number of carbonyl (C=O) groups excluding carboxylic acids is 3. The van der Waals surface area contributed by atoms with Crippen LogP contribution >= 0.6 is 0 Å². The fourth-order valence-electron chi connectivity index (χ4n) is 3.32. The number of nitrogens with one attached hydrogen (secondary N) is 1. The Balaban J connectivity index is 1.51. The van der Waals surface area contributed by atoms with E-state index in [1.807, 2.05) is 13.8 Å². The van der Waals surface area contributed by atoms with Gasteiger partial charge in [0.05, 0.1) is 4.90 Å². The molecule has 2 heterocycles. The molecule has 0 spiro atoms. The minimum atomic E-state index is -3.62. The van der Waals surface area contributed by atoms with E-state index >= 15 is 0 Å². The molecule has 3 rings (SSSR count). The van der Waals surface area contributed by atoms with Crippen molar-refractivity contribution in [1.82, 2.24) is 14.5 Å². The van der Waals surface area contributed by atoms with Crippen LogP contribution in [0.15, 0.2) is 23.1 Å². The number of ether oxygens (including phenoxy) is 1.